The number of benzene rings is 3. The molecule has 0 spiro atoms. The van der Waals surface area contributed by atoms with Crippen molar-refractivity contribution in [1.29, 1.82) is 0 Å². The maximum Gasteiger partial charge on any atom is 0.121 e. The first-order valence-electron chi connectivity index (χ1n) is 7.17. The molecule has 0 unspecified atom stereocenters. The van der Waals surface area contributed by atoms with Crippen LogP contribution in [0.2, 0.25) is 0 Å². The average Bonchev–Trinajstić information content (AvgIpc) is 2.60. The highest BCUT2D eigenvalue weighted by molar-refractivity contribution is 7.99. The maximum atomic E-state index is 5.42. The number of nitrogens with zero attached hydrogens (tertiary/aromatic N) is 1. The zero-order valence-electron chi connectivity index (χ0n) is 12.2. The van der Waals surface area contributed by atoms with Gasteiger partial charge >= 0.3 is 0 Å². The molecule has 0 aliphatic carbocycles. The summed E-state index contributed by atoms with van der Waals surface area (Å²) in [5, 5.41) is 0. The summed E-state index contributed by atoms with van der Waals surface area (Å²) in [6.45, 7) is 0. The summed E-state index contributed by atoms with van der Waals surface area (Å²) in [5.74, 6) is 0.875. The van der Waals surface area contributed by atoms with E-state index in [2.05, 4.69) is 65.6 Å². The van der Waals surface area contributed by atoms with Gasteiger partial charge in [0.25, 0.3) is 0 Å². The molecule has 1 aliphatic heterocycles. The van der Waals surface area contributed by atoms with Crippen molar-refractivity contribution in [2.75, 3.05) is 12.0 Å². The van der Waals surface area contributed by atoms with Crippen LogP contribution >= 0.6 is 11.8 Å². The average molecular weight is 305 g/mol. The van der Waals surface area contributed by atoms with Crippen LogP contribution in [0.15, 0.2) is 82.6 Å². The molecule has 3 aromatic carbocycles. The number of para-hydroxylation sites is 2. The molecule has 108 valence electrons. The summed E-state index contributed by atoms with van der Waals surface area (Å²) in [4.78, 5) is 4.80. The Bertz CT molecular complexity index is 817. The van der Waals surface area contributed by atoms with E-state index in [0.29, 0.717) is 0 Å². The predicted molar refractivity (Wildman–Crippen MR) is 91.8 cm³/mol. The molecule has 0 saturated heterocycles. The summed E-state index contributed by atoms with van der Waals surface area (Å²) in [7, 11) is 1.71. The topological polar surface area (TPSA) is 12.5 Å². The lowest BCUT2D eigenvalue weighted by molar-refractivity contribution is 0.414. The first-order valence-corrected chi connectivity index (χ1v) is 7.98. The fourth-order valence-corrected chi connectivity index (χ4v) is 3.76. The van der Waals surface area contributed by atoms with Crippen LogP contribution in [-0.4, -0.2) is 7.11 Å². The minimum absolute atomic E-state index is 0.875. The highest BCUT2D eigenvalue weighted by atomic mass is 32.2. The van der Waals surface area contributed by atoms with Crippen LogP contribution in [0.3, 0.4) is 0 Å². The summed E-state index contributed by atoms with van der Waals surface area (Å²) >= 11 is 1.80. The number of hydrogen-bond donors (Lipinski definition) is 0. The second-order valence-electron chi connectivity index (χ2n) is 5.07. The summed E-state index contributed by atoms with van der Waals surface area (Å²) < 4.78 is 5.42. The van der Waals surface area contributed by atoms with E-state index in [4.69, 9.17) is 4.74 Å². The number of hydrogen-bond acceptors (Lipinski definition) is 3. The molecule has 0 N–H and O–H groups in total. The van der Waals surface area contributed by atoms with E-state index in [1.54, 1.807) is 18.9 Å². The van der Waals surface area contributed by atoms with Crippen molar-refractivity contribution < 1.29 is 4.74 Å². The van der Waals surface area contributed by atoms with Crippen molar-refractivity contribution in [2.45, 2.75) is 9.79 Å². The predicted octanol–water partition coefficient (Wildman–Crippen LogP) is 5.63. The molecule has 0 aromatic heterocycles. The van der Waals surface area contributed by atoms with Crippen molar-refractivity contribution in [3.05, 3.63) is 72.8 Å². The van der Waals surface area contributed by atoms with E-state index in [1.165, 1.54) is 15.5 Å². The molecule has 2 nitrogen and oxygen atoms in total. The normalized spacial score (nSPS) is 12.5. The molecule has 4 rings (SSSR count). The minimum atomic E-state index is 0.875. The van der Waals surface area contributed by atoms with Crippen LogP contribution in [0.5, 0.6) is 5.75 Å². The molecular formula is C19H15NOS. The quantitative estimate of drug-likeness (QED) is 0.476. The molecule has 1 aliphatic rings. The Morgan fingerprint density at radius 2 is 1.50 bits per heavy atom. The van der Waals surface area contributed by atoms with Gasteiger partial charge in [0.2, 0.25) is 0 Å². The van der Waals surface area contributed by atoms with E-state index in [1.807, 2.05) is 12.1 Å². The Labute approximate surface area is 134 Å². The minimum Gasteiger partial charge on any atom is -0.497 e. The molecule has 3 aromatic rings. The lowest BCUT2D eigenvalue weighted by atomic mass is 10.1. The van der Waals surface area contributed by atoms with Crippen molar-refractivity contribution in [2.24, 2.45) is 0 Å². The van der Waals surface area contributed by atoms with E-state index in [9.17, 15) is 0 Å². The number of anilines is 3. The van der Waals surface area contributed by atoms with Gasteiger partial charge in [-0.1, -0.05) is 42.1 Å². The molecule has 22 heavy (non-hydrogen) atoms. The third-order valence-corrected chi connectivity index (χ3v) is 4.88. The Balaban J connectivity index is 1.96. The van der Waals surface area contributed by atoms with Crippen LogP contribution < -0.4 is 9.64 Å². The zero-order valence-corrected chi connectivity index (χ0v) is 13.0. The Morgan fingerprint density at radius 3 is 2.32 bits per heavy atom. The van der Waals surface area contributed by atoms with Gasteiger partial charge in [-0.15, -0.1) is 0 Å². The standard InChI is InChI=1S/C19H15NOS/c1-21-15-11-12-19-17(13-15)20(14-7-3-2-4-8-14)16-9-5-6-10-18(16)22-19/h2-13H,1H3. The SMILES string of the molecule is COc1ccc2c(c1)N(c1ccccc1)c1ccccc1S2. The largest absolute Gasteiger partial charge is 0.497 e. The first kappa shape index (κ1) is 13.3. The molecule has 0 bridgehead atoms. The molecule has 0 amide bonds. The molecule has 0 radical (unpaired) electrons. The third kappa shape index (κ3) is 2.14. The molecule has 0 atom stereocenters. The summed E-state index contributed by atoms with van der Waals surface area (Å²) in [6.07, 6.45) is 0. The van der Waals surface area contributed by atoms with Gasteiger partial charge in [-0.2, -0.15) is 0 Å². The second kappa shape index (κ2) is 5.43. The van der Waals surface area contributed by atoms with E-state index in [-0.39, 0.29) is 0 Å². The van der Waals surface area contributed by atoms with Gasteiger partial charge in [-0.05, 0) is 36.4 Å². The van der Waals surface area contributed by atoms with E-state index in [0.717, 1.165) is 17.1 Å². The summed E-state index contributed by atoms with van der Waals surface area (Å²) in [5.41, 5.74) is 3.53. The zero-order chi connectivity index (χ0) is 14.9. The van der Waals surface area contributed by atoms with E-state index >= 15 is 0 Å². The van der Waals surface area contributed by atoms with Gasteiger partial charge in [-0.3, -0.25) is 0 Å². The molecule has 0 saturated carbocycles. The maximum absolute atomic E-state index is 5.42. The Morgan fingerprint density at radius 1 is 0.773 bits per heavy atom. The molecular weight excluding hydrogens is 290 g/mol. The highest BCUT2D eigenvalue weighted by Gasteiger charge is 2.24. The van der Waals surface area contributed by atoms with Gasteiger partial charge in [0, 0.05) is 21.5 Å². The van der Waals surface area contributed by atoms with Crippen molar-refractivity contribution >= 4 is 28.8 Å². The van der Waals surface area contributed by atoms with Crippen molar-refractivity contribution in [1.82, 2.24) is 0 Å². The monoisotopic (exact) mass is 305 g/mol. The lowest BCUT2D eigenvalue weighted by Crippen LogP contribution is -2.14. The Hall–Kier alpha value is -2.39. The van der Waals surface area contributed by atoms with Crippen LogP contribution in [-0.2, 0) is 0 Å². The van der Waals surface area contributed by atoms with Gasteiger partial charge in [0.1, 0.15) is 5.75 Å². The number of rotatable bonds is 2. The smallest absolute Gasteiger partial charge is 0.121 e. The first-order chi connectivity index (χ1) is 10.9. The lowest BCUT2D eigenvalue weighted by Gasteiger charge is -2.33. The third-order valence-electron chi connectivity index (χ3n) is 3.75. The van der Waals surface area contributed by atoms with Crippen LogP contribution in [0.4, 0.5) is 17.1 Å². The second-order valence-corrected chi connectivity index (χ2v) is 6.16. The van der Waals surface area contributed by atoms with Gasteiger partial charge in [-0.25, -0.2) is 0 Å². The molecule has 0 fully saturated rings. The molecule has 3 heteroatoms. The van der Waals surface area contributed by atoms with Crippen molar-refractivity contribution in [3.8, 4) is 5.75 Å². The van der Waals surface area contributed by atoms with Crippen LogP contribution in [0, 0.1) is 0 Å². The fourth-order valence-electron chi connectivity index (χ4n) is 2.72. The fraction of sp³-hybridized carbons (Fsp3) is 0.0526. The van der Waals surface area contributed by atoms with Gasteiger partial charge < -0.3 is 9.64 Å². The number of ether oxygens (including phenoxy) is 1. The Kier molecular flexibility index (Phi) is 3.28. The molecule has 1 heterocycles. The van der Waals surface area contributed by atoms with Gasteiger partial charge in [0.15, 0.2) is 0 Å². The van der Waals surface area contributed by atoms with Crippen molar-refractivity contribution in [3.63, 3.8) is 0 Å². The van der Waals surface area contributed by atoms with Crippen LogP contribution in [0.25, 0.3) is 0 Å². The number of methoxy groups -OCH3 is 1. The number of fused-ring (bicyclic) bond motifs is 2. The highest BCUT2D eigenvalue weighted by Crippen LogP contribution is 2.51. The van der Waals surface area contributed by atoms with E-state index < -0.39 is 0 Å². The van der Waals surface area contributed by atoms with Gasteiger partial charge in [0.05, 0.1) is 18.5 Å². The van der Waals surface area contributed by atoms with Crippen LogP contribution in [0.1, 0.15) is 0 Å². The summed E-state index contributed by atoms with van der Waals surface area (Å²) in [6, 6.07) is 25.2.